The second-order valence-electron chi connectivity index (χ2n) is 6.03. The summed E-state index contributed by atoms with van der Waals surface area (Å²) in [7, 11) is 0. The van der Waals surface area contributed by atoms with Gasteiger partial charge in [0.05, 0.1) is 0 Å². The van der Waals surface area contributed by atoms with E-state index >= 15 is 0 Å². The molecule has 0 radical (unpaired) electrons. The first-order valence-corrected chi connectivity index (χ1v) is 8.01. The van der Waals surface area contributed by atoms with Gasteiger partial charge in [0.2, 0.25) is 0 Å². The van der Waals surface area contributed by atoms with E-state index in [0.717, 1.165) is 0 Å². The number of benzene rings is 1. The smallest absolute Gasteiger partial charge is 0.435 e. The van der Waals surface area contributed by atoms with Crippen molar-refractivity contribution in [3.05, 3.63) is 41.6 Å². The van der Waals surface area contributed by atoms with E-state index in [4.69, 9.17) is 5.11 Å². The quantitative estimate of drug-likeness (QED) is 0.883. The molecule has 0 aliphatic carbocycles. The predicted molar refractivity (Wildman–Crippen MR) is 89.0 cm³/mol. The van der Waals surface area contributed by atoms with E-state index in [2.05, 4.69) is 10.2 Å². The van der Waals surface area contributed by atoms with Gasteiger partial charge in [0.15, 0.2) is 11.5 Å². The highest BCUT2D eigenvalue weighted by molar-refractivity contribution is 5.72. The Balaban J connectivity index is 1.99. The van der Waals surface area contributed by atoms with E-state index in [1.165, 1.54) is 11.0 Å². The highest BCUT2D eigenvalue weighted by atomic mass is 19.4. The van der Waals surface area contributed by atoms with E-state index in [9.17, 15) is 18.0 Å². The third kappa shape index (κ3) is 3.56. The number of carboxylic acid groups (broad SMARTS) is 1. The SMILES string of the molecule is Cc1ccccc1-c1cc(N2CCN(C(=O)O)CC2)nnc1C(F)(F)F. The van der Waals surface area contributed by atoms with Gasteiger partial charge in [0.25, 0.3) is 0 Å². The van der Waals surface area contributed by atoms with Gasteiger partial charge in [0.1, 0.15) is 0 Å². The highest BCUT2D eigenvalue weighted by Crippen LogP contribution is 2.37. The maximum atomic E-state index is 13.4. The molecule has 9 heteroatoms. The molecule has 0 saturated carbocycles. The van der Waals surface area contributed by atoms with E-state index < -0.39 is 18.0 Å². The van der Waals surface area contributed by atoms with Crippen LogP contribution < -0.4 is 4.90 Å². The number of anilines is 1. The van der Waals surface area contributed by atoms with Crippen molar-refractivity contribution in [2.45, 2.75) is 13.1 Å². The van der Waals surface area contributed by atoms with Crippen LogP contribution in [0.1, 0.15) is 11.3 Å². The summed E-state index contributed by atoms with van der Waals surface area (Å²) in [5, 5.41) is 16.2. The molecule has 0 atom stereocenters. The highest BCUT2D eigenvalue weighted by Gasteiger charge is 2.37. The van der Waals surface area contributed by atoms with Gasteiger partial charge in [-0.2, -0.15) is 13.2 Å². The standard InChI is InChI=1S/C17H17F3N4O2/c1-11-4-2-3-5-12(11)13-10-14(21-22-15(13)17(18,19)20)23-6-8-24(9-7-23)16(25)26/h2-5,10H,6-9H2,1H3,(H,25,26). The number of amides is 1. The van der Waals surface area contributed by atoms with Gasteiger partial charge < -0.3 is 14.9 Å². The molecule has 138 valence electrons. The largest absolute Gasteiger partial charge is 0.465 e. The summed E-state index contributed by atoms with van der Waals surface area (Å²) in [6.45, 7) is 2.95. The van der Waals surface area contributed by atoms with Crippen molar-refractivity contribution in [1.82, 2.24) is 15.1 Å². The van der Waals surface area contributed by atoms with Gasteiger partial charge in [-0.05, 0) is 24.1 Å². The Morgan fingerprint density at radius 1 is 1.08 bits per heavy atom. The molecular weight excluding hydrogens is 349 g/mol. The van der Waals surface area contributed by atoms with E-state index in [1.807, 2.05) is 0 Å². The van der Waals surface area contributed by atoms with Crippen LogP contribution in [0.15, 0.2) is 30.3 Å². The van der Waals surface area contributed by atoms with Crippen molar-refractivity contribution in [1.29, 1.82) is 0 Å². The second-order valence-corrected chi connectivity index (χ2v) is 6.03. The average molecular weight is 366 g/mol. The molecule has 2 aromatic rings. The van der Waals surface area contributed by atoms with Crippen molar-refractivity contribution in [2.24, 2.45) is 0 Å². The summed E-state index contributed by atoms with van der Waals surface area (Å²) in [5.74, 6) is 0.307. The van der Waals surface area contributed by atoms with Gasteiger partial charge in [-0.25, -0.2) is 4.79 Å². The van der Waals surface area contributed by atoms with Crippen molar-refractivity contribution in [3.63, 3.8) is 0 Å². The van der Waals surface area contributed by atoms with Crippen LogP contribution in [0.3, 0.4) is 0 Å². The first kappa shape index (κ1) is 18.0. The number of carbonyl (C=O) groups is 1. The molecule has 1 N–H and O–H groups in total. The molecule has 0 unspecified atom stereocenters. The Morgan fingerprint density at radius 2 is 1.73 bits per heavy atom. The number of halogens is 3. The van der Waals surface area contributed by atoms with Crippen molar-refractivity contribution in [2.75, 3.05) is 31.1 Å². The normalized spacial score (nSPS) is 15.2. The van der Waals surface area contributed by atoms with E-state index in [1.54, 1.807) is 36.1 Å². The molecule has 0 spiro atoms. The van der Waals surface area contributed by atoms with Crippen molar-refractivity contribution < 1.29 is 23.1 Å². The molecule has 1 aromatic heterocycles. The van der Waals surface area contributed by atoms with Gasteiger partial charge in [-0.15, -0.1) is 10.2 Å². The van der Waals surface area contributed by atoms with Crippen LogP contribution in [0.5, 0.6) is 0 Å². The van der Waals surface area contributed by atoms with Crippen LogP contribution in [-0.4, -0.2) is 52.5 Å². The summed E-state index contributed by atoms with van der Waals surface area (Å²) >= 11 is 0. The monoisotopic (exact) mass is 366 g/mol. The van der Waals surface area contributed by atoms with Crippen LogP contribution in [0, 0.1) is 6.92 Å². The van der Waals surface area contributed by atoms with Crippen molar-refractivity contribution in [3.8, 4) is 11.1 Å². The molecule has 1 aliphatic heterocycles. The number of piperazine rings is 1. The Kier molecular flexibility index (Phi) is 4.71. The second kappa shape index (κ2) is 6.81. The van der Waals surface area contributed by atoms with E-state index in [0.29, 0.717) is 30.0 Å². The minimum Gasteiger partial charge on any atom is -0.465 e. The topological polar surface area (TPSA) is 69.6 Å². The number of hydrogen-bond donors (Lipinski definition) is 1. The number of aromatic nitrogens is 2. The van der Waals surface area contributed by atoms with Gasteiger partial charge in [-0.3, -0.25) is 0 Å². The van der Waals surface area contributed by atoms with Gasteiger partial charge >= 0.3 is 12.3 Å². The number of aryl methyl sites for hydroxylation is 1. The van der Waals surface area contributed by atoms with Crippen molar-refractivity contribution >= 4 is 11.9 Å². The summed E-state index contributed by atoms with van der Waals surface area (Å²) in [6.07, 6.45) is -5.63. The fourth-order valence-electron chi connectivity index (χ4n) is 2.95. The molecule has 1 aliphatic rings. The van der Waals surface area contributed by atoms with Crippen LogP contribution in [0.2, 0.25) is 0 Å². The third-order valence-corrected chi connectivity index (χ3v) is 4.36. The van der Waals surface area contributed by atoms with Crippen LogP contribution >= 0.6 is 0 Å². The van der Waals surface area contributed by atoms with Crippen LogP contribution in [0.25, 0.3) is 11.1 Å². The summed E-state index contributed by atoms with van der Waals surface area (Å²) in [5.41, 5.74) is 0.0915. The zero-order valence-corrected chi connectivity index (χ0v) is 14.0. The molecular formula is C17H17F3N4O2. The minimum atomic E-state index is -4.62. The van der Waals surface area contributed by atoms with Crippen LogP contribution in [0.4, 0.5) is 23.8 Å². The molecule has 1 aromatic carbocycles. The fraction of sp³-hybridized carbons (Fsp3) is 0.353. The molecule has 1 saturated heterocycles. The maximum absolute atomic E-state index is 13.4. The summed E-state index contributed by atoms with van der Waals surface area (Å²) in [4.78, 5) is 14.0. The number of hydrogen-bond acceptors (Lipinski definition) is 4. The lowest BCUT2D eigenvalue weighted by Crippen LogP contribution is -2.48. The summed E-state index contributed by atoms with van der Waals surface area (Å²) < 4.78 is 40.2. The average Bonchev–Trinajstić information content (AvgIpc) is 2.61. The molecule has 6 nitrogen and oxygen atoms in total. The zero-order valence-electron chi connectivity index (χ0n) is 14.0. The minimum absolute atomic E-state index is 0.0266. The Morgan fingerprint density at radius 3 is 2.31 bits per heavy atom. The fourth-order valence-corrected chi connectivity index (χ4v) is 2.95. The lowest BCUT2D eigenvalue weighted by atomic mass is 9.99. The lowest BCUT2D eigenvalue weighted by molar-refractivity contribution is -0.141. The first-order chi connectivity index (χ1) is 12.3. The maximum Gasteiger partial charge on any atom is 0.435 e. The number of nitrogens with zero attached hydrogens (tertiary/aromatic N) is 4. The van der Waals surface area contributed by atoms with E-state index in [-0.39, 0.29) is 18.7 Å². The lowest BCUT2D eigenvalue weighted by Gasteiger charge is -2.33. The third-order valence-electron chi connectivity index (χ3n) is 4.36. The molecule has 3 rings (SSSR count). The molecule has 26 heavy (non-hydrogen) atoms. The van der Waals surface area contributed by atoms with Gasteiger partial charge in [-0.1, -0.05) is 24.3 Å². The Hall–Kier alpha value is -2.84. The molecule has 2 heterocycles. The van der Waals surface area contributed by atoms with Gasteiger partial charge in [0, 0.05) is 31.7 Å². The number of rotatable bonds is 2. The van der Waals surface area contributed by atoms with Crippen LogP contribution in [-0.2, 0) is 6.18 Å². The zero-order chi connectivity index (χ0) is 18.9. The first-order valence-electron chi connectivity index (χ1n) is 8.01. The number of alkyl halides is 3. The molecule has 1 amide bonds. The Bertz CT molecular complexity index is 818. The molecule has 0 bridgehead atoms. The summed E-state index contributed by atoms with van der Waals surface area (Å²) in [6, 6.07) is 8.17. The Labute approximate surface area is 147 Å². The predicted octanol–water partition coefficient (Wildman–Crippen LogP) is 3.27. The molecule has 1 fully saturated rings.